The number of likely N-dealkylation sites (tertiary alicyclic amines) is 1. The van der Waals surface area contributed by atoms with Gasteiger partial charge in [0, 0.05) is 12.6 Å². The third kappa shape index (κ3) is 3.24. The average molecular weight is 274 g/mol. The molecule has 0 spiro atoms. The molecule has 1 aliphatic heterocycles. The predicted molar refractivity (Wildman–Crippen MR) is 73.1 cm³/mol. The van der Waals surface area contributed by atoms with Crippen molar-refractivity contribution in [1.29, 1.82) is 0 Å². The summed E-state index contributed by atoms with van der Waals surface area (Å²) < 4.78 is 0. The standard InChI is InChI=1S/C12H17Cl2N3/c1-8-6-10(13)16-12(14)11(8)15-9-4-3-5-17(2)7-9/h6,9,15H,3-5,7H2,1-2H3. The minimum atomic E-state index is 0.438. The van der Waals surface area contributed by atoms with Crippen molar-refractivity contribution in [2.45, 2.75) is 25.8 Å². The van der Waals surface area contributed by atoms with Gasteiger partial charge in [-0.2, -0.15) is 0 Å². The molecule has 1 saturated heterocycles. The van der Waals surface area contributed by atoms with Gasteiger partial charge in [-0.1, -0.05) is 23.2 Å². The number of aromatic nitrogens is 1. The highest BCUT2D eigenvalue weighted by molar-refractivity contribution is 6.34. The van der Waals surface area contributed by atoms with Gasteiger partial charge in [-0.15, -0.1) is 0 Å². The van der Waals surface area contributed by atoms with E-state index in [-0.39, 0.29) is 0 Å². The van der Waals surface area contributed by atoms with Gasteiger partial charge in [0.1, 0.15) is 5.15 Å². The summed E-state index contributed by atoms with van der Waals surface area (Å²) in [5.74, 6) is 0. The van der Waals surface area contributed by atoms with Crippen molar-refractivity contribution in [3.63, 3.8) is 0 Å². The molecule has 1 aromatic heterocycles. The van der Waals surface area contributed by atoms with Crippen LogP contribution in [0, 0.1) is 6.92 Å². The minimum absolute atomic E-state index is 0.438. The van der Waals surface area contributed by atoms with E-state index < -0.39 is 0 Å². The van der Waals surface area contributed by atoms with Crippen LogP contribution in [0.2, 0.25) is 10.3 Å². The third-order valence-electron chi connectivity index (χ3n) is 3.11. The second kappa shape index (κ2) is 5.42. The molecule has 0 aliphatic carbocycles. The van der Waals surface area contributed by atoms with Gasteiger partial charge in [0.2, 0.25) is 0 Å². The zero-order valence-corrected chi connectivity index (χ0v) is 11.6. The predicted octanol–water partition coefficient (Wildman–Crippen LogP) is 3.20. The van der Waals surface area contributed by atoms with E-state index >= 15 is 0 Å². The van der Waals surface area contributed by atoms with Crippen LogP contribution in [-0.4, -0.2) is 36.1 Å². The summed E-state index contributed by atoms with van der Waals surface area (Å²) in [4.78, 5) is 6.40. The maximum absolute atomic E-state index is 6.12. The van der Waals surface area contributed by atoms with Crippen LogP contribution in [0.15, 0.2) is 6.07 Å². The molecule has 1 aromatic rings. The molecule has 1 fully saturated rings. The minimum Gasteiger partial charge on any atom is -0.378 e. The van der Waals surface area contributed by atoms with Gasteiger partial charge >= 0.3 is 0 Å². The summed E-state index contributed by atoms with van der Waals surface area (Å²) >= 11 is 12.0. The van der Waals surface area contributed by atoms with Crippen LogP contribution in [0.4, 0.5) is 5.69 Å². The molecule has 0 radical (unpaired) electrons. The van der Waals surface area contributed by atoms with Crippen LogP contribution in [0.25, 0.3) is 0 Å². The average Bonchev–Trinajstić information content (AvgIpc) is 2.23. The molecule has 1 N–H and O–H groups in total. The zero-order chi connectivity index (χ0) is 12.4. The molecule has 0 amide bonds. The molecule has 1 aliphatic rings. The van der Waals surface area contributed by atoms with Crippen molar-refractivity contribution < 1.29 is 0 Å². The van der Waals surface area contributed by atoms with E-state index in [1.807, 2.05) is 13.0 Å². The van der Waals surface area contributed by atoms with Crippen LogP contribution >= 0.6 is 23.2 Å². The summed E-state index contributed by atoms with van der Waals surface area (Å²) in [6.45, 7) is 4.20. The number of nitrogens with zero attached hydrogens (tertiary/aromatic N) is 2. The Balaban J connectivity index is 2.12. The van der Waals surface area contributed by atoms with Crippen molar-refractivity contribution in [1.82, 2.24) is 9.88 Å². The third-order valence-corrected chi connectivity index (χ3v) is 3.58. The van der Waals surface area contributed by atoms with Crippen LogP contribution in [0.1, 0.15) is 18.4 Å². The fraction of sp³-hybridized carbons (Fsp3) is 0.583. The SMILES string of the molecule is Cc1cc(Cl)nc(Cl)c1NC1CCCN(C)C1. The number of hydrogen-bond donors (Lipinski definition) is 1. The Morgan fingerprint density at radius 1 is 1.47 bits per heavy atom. The highest BCUT2D eigenvalue weighted by Gasteiger charge is 2.19. The van der Waals surface area contributed by atoms with Gasteiger partial charge in [0.05, 0.1) is 5.69 Å². The first kappa shape index (κ1) is 12.9. The Bertz CT molecular complexity index is 386. The second-order valence-electron chi connectivity index (χ2n) is 4.67. The van der Waals surface area contributed by atoms with E-state index in [9.17, 15) is 0 Å². The van der Waals surface area contributed by atoms with E-state index in [2.05, 4.69) is 22.2 Å². The number of likely N-dealkylation sites (N-methyl/N-ethyl adjacent to an activating group) is 1. The molecule has 5 heteroatoms. The van der Waals surface area contributed by atoms with Crippen LogP contribution in [-0.2, 0) is 0 Å². The van der Waals surface area contributed by atoms with Gasteiger partial charge in [-0.25, -0.2) is 4.98 Å². The normalized spacial score (nSPS) is 21.5. The first-order valence-corrected chi connectivity index (χ1v) is 6.59. The Labute approximate surface area is 112 Å². The number of hydrogen-bond acceptors (Lipinski definition) is 3. The highest BCUT2D eigenvalue weighted by Crippen LogP contribution is 2.28. The smallest absolute Gasteiger partial charge is 0.154 e. The van der Waals surface area contributed by atoms with Crippen molar-refractivity contribution >= 4 is 28.9 Å². The maximum atomic E-state index is 6.12. The van der Waals surface area contributed by atoms with E-state index in [1.165, 1.54) is 19.4 Å². The maximum Gasteiger partial charge on any atom is 0.154 e. The molecule has 2 rings (SSSR count). The van der Waals surface area contributed by atoms with Crippen LogP contribution in [0.3, 0.4) is 0 Å². The lowest BCUT2D eigenvalue weighted by Crippen LogP contribution is -2.39. The van der Waals surface area contributed by atoms with Crippen LogP contribution < -0.4 is 5.32 Å². The molecular weight excluding hydrogens is 257 g/mol. The van der Waals surface area contributed by atoms with Crippen molar-refractivity contribution in [3.8, 4) is 0 Å². The molecular formula is C12H17Cl2N3. The monoisotopic (exact) mass is 273 g/mol. The molecule has 2 heterocycles. The summed E-state index contributed by atoms with van der Waals surface area (Å²) in [7, 11) is 2.14. The van der Waals surface area contributed by atoms with E-state index in [4.69, 9.17) is 23.2 Å². The summed E-state index contributed by atoms with van der Waals surface area (Å²) in [5, 5.41) is 4.38. The molecule has 0 bridgehead atoms. The number of halogens is 2. The number of aryl methyl sites for hydroxylation is 1. The quantitative estimate of drug-likeness (QED) is 0.839. The fourth-order valence-corrected chi connectivity index (χ4v) is 2.84. The lowest BCUT2D eigenvalue weighted by atomic mass is 10.1. The largest absolute Gasteiger partial charge is 0.378 e. The van der Waals surface area contributed by atoms with Gasteiger partial charge < -0.3 is 10.2 Å². The van der Waals surface area contributed by atoms with Crippen molar-refractivity contribution in [2.24, 2.45) is 0 Å². The topological polar surface area (TPSA) is 28.2 Å². The number of nitrogens with one attached hydrogen (secondary N) is 1. The zero-order valence-electron chi connectivity index (χ0n) is 10.1. The number of rotatable bonds is 2. The molecule has 1 atom stereocenters. The number of anilines is 1. The number of pyridine rings is 1. The van der Waals surface area contributed by atoms with Gasteiger partial charge in [-0.3, -0.25) is 0 Å². The highest BCUT2D eigenvalue weighted by atomic mass is 35.5. The van der Waals surface area contributed by atoms with Gasteiger partial charge in [0.15, 0.2) is 5.15 Å². The summed E-state index contributed by atoms with van der Waals surface area (Å²) in [5.41, 5.74) is 1.96. The number of piperidine rings is 1. The second-order valence-corrected chi connectivity index (χ2v) is 5.42. The lowest BCUT2D eigenvalue weighted by Gasteiger charge is -2.31. The molecule has 1 unspecified atom stereocenters. The Morgan fingerprint density at radius 3 is 2.88 bits per heavy atom. The molecule has 94 valence electrons. The molecule has 0 saturated carbocycles. The first-order valence-electron chi connectivity index (χ1n) is 5.84. The van der Waals surface area contributed by atoms with E-state index in [0.717, 1.165) is 17.8 Å². The summed E-state index contributed by atoms with van der Waals surface area (Å²) in [6.07, 6.45) is 2.38. The van der Waals surface area contributed by atoms with E-state index in [1.54, 1.807) is 0 Å². The Kier molecular flexibility index (Phi) is 4.13. The van der Waals surface area contributed by atoms with E-state index in [0.29, 0.717) is 16.3 Å². The Hall–Kier alpha value is -0.510. The van der Waals surface area contributed by atoms with Crippen LogP contribution in [0.5, 0.6) is 0 Å². The lowest BCUT2D eigenvalue weighted by molar-refractivity contribution is 0.261. The first-order chi connectivity index (χ1) is 8.06. The van der Waals surface area contributed by atoms with Gasteiger partial charge in [0.25, 0.3) is 0 Å². The van der Waals surface area contributed by atoms with Gasteiger partial charge in [-0.05, 0) is 45.0 Å². The van der Waals surface area contributed by atoms with Crippen molar-refractivity contribution in [3.05, 3.63) is 21.9 Å². The molecule has 17 heavy (non-hydrogen) atoms. The molecule has 0 aromatic carbocycles. The van der Waals surface area contributed by atoms with Crippen molar-refractivity contribution in [2.75, 3.05) is 25.5 Å². The Morgan fingerprint density at radius 2 is 2.24 bits per heavy atom. The summed E-state index contributed by atoms with van der Waals surface area (Å²) in [6, 6.07) is 2.27. The molecule has 3 nitrogen and oxygen atoms in total. The fourth-order valence-electron chi connectivity index (χ4n) is 2.26.